The largest absolute Gasteiger partial charge is 0.469 e. The molecule has 110 valence electrons. The number of hydrogen-bond donors (Lipinski definition) is 0. The molecule has 0 amide bonds. The molecule has 1 aromatic carbocycles. The van der Waals surface area contributed by atoms with Gasteiger partial charge in [0, 0.05) is 34.8 Å². The number of methoxy groups -OCH3 is 1. The Morgan fingerprint density at radius 2 is 2.10 bits per heavy atom. The van der Waals surface area contributed by atoms with Gasteiger partial charge < -0.3 is 9.64 Å². The predicted octanol–water partition coefficient (Wildman–Crippen LogP) is 3.39. The molecule has 2 heterocycles. The molecular weight excluding hydrogens is 332 g/mol. The number of anilines is 1. The Morgan fingerprint density at radius 3 is 2.81 bits per heavy atom. The van der Waals surface area contributed by atoms with Gasteiger partial charge in [0.25, 0.3) is 0 Å². The Hall–Kier alpha value is -1.62. The Labute approximate surface area is 132 Å². The van der Waals surface area contributed by atoms with Crippen LogP contribution in [0.5, 0.6) is 0 Å². The third-order valence-electron chi connectivity index (χ3n) is 4.05. The molecule has 3 rings (SSSR count). The van der Waals surface area contributed by atoms with E-state index in [9.17, 15) is 4.79 Å². The van der Waals surface area contributed by atoms with E-state index in [1.807, 2.05) is 18.3 Å². The smallest absolute Gasteiger partial charge is 0.308 e. The molecule has 1 aromatic heterocycles. The summed E-state index contributed by atoms with van der Waals surface area (Å²) in [6.07, 6.45) is 3.52. The van der Waals surface area contributed by atoms with E-state index in [4.69, 9.17) is 4.74 Å². The number of nitrogens with zero attached hydrogens (tertiary/aromatic N) is 2. The minimum atomic E-state index is -0.0850. The Morgan fingerprint density at radius 1 is 1.33 bits per heavy atom. The first kappa shape index (κ1) is 14.3. The summed E-state index contributed by atoms with van der Waals surface area (Å²) in [6, 6.07) is 8.21. The van der Waals surface area contributed by atoms with E-state index in [2.05, 4.69) is 37.9 Å². The van der Waals surface area contributed by atoms with E-state index in [0.29, 0.717) is 0 Å². The van der Waals surface area contributed by atoms with Gasteiger partial charge in [0.05, 0.1) is 18.5 Å². The molecule has 4 nitrogen and oxygen atoms in total. The van der Waals surface area contributed by atoms with Crippen LogP contribution in [0, 0.1) is 5.92 Å². The fourth-order valence-electron chi connectivity index (χ4n) is 2.90. The number of carbonyl (C=O) groups excluding carboxylic acids is 1. The van der Waals surface area contributed by atoms with Crippen molar-refractivity contribution < 1.29 is 9.53 Å². The average Bonchev–Trinajstić information content (AvgIpc) is 2.53. The summed E-state index contributed by atoms with van der Waals surface area (Å²) in [7, 11) is 1.46. The van der Waals surface area contributed by atoms with Crippen LogP contribution in [-0.2, 0) is 9.53 Å². The van der Waals surface area contributed by atoms with E-state index in [0.717, 1.165) is 41.3 Å². The van der Waals surface area contributed by atoms with Gasteiger partial charge in [0.1, 0.15) is 0 Å². The van der Waals surface area contributed by atoms with Crippen LogP contribution in [-0.4, -0.2) is 31.2 Å². The molecule has 0 unspecified atom stereocenters. The number of fused-ring (bicyclic) bond motifs is 1. The average molecular weight is 349 g/mol. The van der Waals surface area contributed by atoms with Crippen LogP contribution in [0.3, 0.4) is 0 Å². The lowest BCUT2D eigenvalue weighted by atomic mass is 9.96. The second-order valence-electron chi connectivity index (χ2n) is 5.28. The third-order valence-corrected chi connectivity index (χ3v) is 4.55. The summed E-state index contributed by atoms with van der Waals surface area (Å²) in [6.45, 7) is 1.74. The van der Waals surface area contributed by atoms with Crippen molar-refractivity contribution in [1.29, 1.82) is 0 Å². The molecule has 0 saturated carbocycles. The molecule has 0 aliphatic carbocycles. The molecular formula is C16H17BrN2O2. The number of esters is 1. The van der Waals surface area contributed by atoms with Crippen LogP contribution < -0.4 is 4.90 Å². The quantitative estimate of drug-likeness (QED) is 0.780. The van der Waals surface area contributed by atoms with Gasteiger partial charge in [0.2, 0.25) is 0 Å². The number of carbonyl (C=O) groups is 1. The fraction of sp³-hybridized carbons (Fsp3) is 0.375. The summed E-state index contributed by atoms with van der Waals surface area (Å²) in [5.74, 6) is -0.0494. The zero-order valence-corrected chi connectivity index (χ0v) is 13.5. The second kappa shape index (κ2) is 6.02. The molecule has 0 radical (unpaired) electrons. The number of benzene rings is 1. The molecule has 1 aliphatic rings. The molecule has 1 aliphatic heterocycles. The number of rotatable bonds is 2. The van der Waals surface area contributed by atoms with Gasteiger partial charge in [-0.1, -0.05) is 15.9 Å². The lowest BCUT2D eigenvalue weighted by Crippen LogP contribution is -2.36. The number of aromatic nitrogens is 1. The molecule has 0 N–H and O–H groups in total. The van der Waals surface area contributed by atoms with Gasteiger partial charge in [-0.15, -0.1) is 0 Å². The Bertz CT molecular complexity index is 666. The van der Waals surface area contributed by atoms with Crippen molar-refractivity contribution in [2.24, 2.45) is 5.92 Å². The van der Waals surface area contributed by atoms with Gasteiger partial charge >= 0.3 is 5.97 Å². The second-order valence-corrected chi connectivity index (χ2v) is 6.19. The standard InChI is InChI=1S/C16H17BrN2O2/c1-21-16(20)11-5-8-19(9-6-11)15-4-7-18-14-10-12(17)2-3-13(14)15/h2-4,7,10-11H,5-6,8-9H2,1H3. The fourth-order valence-corrected chi connectivity index (χ4v) is 3.25. The van der Waals surface area contributed by atoms with Crippen molar-refractivity contribution in [1.82, 2.24) is 4.98 Å². The van der Waals surface area contributed by atoms with E-state index >= 15 is 0 Å². The van der Waals surface area contributed by atoms with Crippen LogP contribution in [0.15, 0.2) is 34.9 Å². The monoisotopic (exact) mass is 348 g/mol. The summed E-state index contributed by atoms with van der Waals surface area (Å²) < 4.78 is 5.87. The zero-order chi connectivity index (χ0) is 14.8. The minimum Gasteiger partial charge on any atom is -0.469 e. The summed E-state index contributed by atoms with van der Waals surface area (Å²) in [4.78, 5) is 18.4. The molecule has 0 bridgehead atoms. The summed E-state index contributed by atoms with van der Waals surface area (Å²) in [5.41, 5.74) is 2.17. The van der Waals surface area contributed by atoms with Gasteiger partial charge in [-0.05, 0) is 37.1 Å². The van der Waals surface area contributed by atoms with Crippen LogP contribution in [0.1, 0.15) is 12.8 Å². The van der Waals surface area contributed by atoms with Gasteiger partial charge in [-0.3, -0.25) is 9.78 Å². The van der Waals surface area contributed by atoms with E-state index in [-0.39, 0.29) is 11.9 Å². The van der Waals surface area contributed by atoms with Crippen LogP contribution in [0.25, 0.3) is 10.9 Å². The van der Waals surface area contributed by atoms with Crippen molar-refractivity contribution in [3.63, 3.8) is 0 Å². The molecule has 1 fully saturated rings. The molecule has 0 spiro atoms. The molecule has 0 atom stereocenters. The lowest BCUT2D eigenvalue weighted by molar-refractivity contribution is -0.146. The van der Waals surface area contributed by atoms with Crippen LogP contribution in [0.2, 0.25) is 0 Å². The van der Waals surface area contributed by atoms with Gasteiger partial charge in [-0.25, -0.2) is 0 Å². The zero-order valence-electron chi connectivity index (χ0n) is 11.9. The van der Waals surface area contributed by atoms with E-state index in [1.54, 1.807) is 0 Å². The first-order chi connectivity index (χ1) is 10.2. The highest BCUT2D eigenvalue weighted by molar-refractivity contribution is 9.10. The highest BCUT2D eigenvalue weighted by Gasteiger charge is 2.26. The number of halogens is 1. The molecule has 5 heteroatoms. The number of pyridine rings is 1. The SMILES string of the molecule is COC(=O)C1CCN(c2ccnc3cc(Br)ccc23)CC1. The maximum Gasteiger partial charge on any atom is 0.308 e. The van der Waals surface area contributed by atoms with Crippen LogP contribution >= 0.6 is 15.9 Å². The van der Waals surface area contributed by atoms with Crippen LogP contribution in [0.4, 0.5) is 5.69 Å². The van der Waals surface area contributed by atoms with Crippen molar-refractivity contribution in [2.75, 3.05) is 25.1 Å². The predicted molar refractivity (Wildman–Crippen MR) is 86.4 cm³/mol. The minimum absolute atomic E-state index is 0.0356. The lowest BCUT2D eigenvalue weighted by Gasteiger charge is -2.33. The first-order valence-electron chi connectivity index (χ1n) is 7.06. The third kappa shape index (κ3) is 2.88. The molecule has 2 aromatic rings. The van der Waals surface area contributed by atoms with Crippen molar-refractivity contribution >= 4 is 38.5 Å². The van der Waals surface area contributed by atoms with Crippen molar-refractivity contribution in [3.8, 4) is 0 Å². The summed E-state index contributed by atoms with van der Waals surface area (Å²) in [5, 5.41) is 1.15. The molecule has 21 heavy (non-hydrogen) atoms. The first-order valence-corrected chi connectivity index (χ1v) is 7.85. The summed E-state index contributed by atoms with van der Waals surface area (Å²) >= 11 is 3.48. The highest BCUT2D eigenvalue weighted by Crippen LogP contribution is 2.30. The highest BCUT2D eigenvalue weighted by atomic mass is 79.9. The van der Waals surface area contributed by atoms with Crippen molar-refractivity contribution in [3.05, 3.63) is 34.9 Å². The Balaban J connectivity index is 1.84. The van der Waals surface area contributed by atoms with E-state index in [1.165, 1.54) is 12.8 Å². The number of hydrogen-bond acceptors (Lipinski definition) is 4. The number of ether oxygens (including phenoxy) is 1. The van der Waals surface area contributed by atoms with Gasteiger partial charge in [0.15, 0.2) is 0 Å². The van der Waals surface area contributed by atoms with E-state index < -0.39 is 0 Å². The topological polar surface area (TPSA) is 42.4 Å². The van der Waals surface area contributed by atoms with Crippen molar-refractivity contribution in [2.45, 2.75) is 12.8 Å². The Kier molecular flexibility index (Phi) is 4.10. The number of piperidine rings is 1. The molecule has 1 saturated heterocycles. The normalized spacial score (nSPS) is 16.2. The van der Waals surface area contributed by atoms with Gasteiger partial charge in [-0.2, -0.15) is 0 Å². The maximum atomic E-state index is 11.6. The maximum absolute atomic E-state index is 11.6.